The number of guanidine groups is 1. The number of nitrogens with two attached hydrogens (primary N) is 1. The summed E-state index contributed by atoms with van der Waals surface area (Å²) in [7, 11) is -3.73. The Bertz CT molecular complexity index is 683. The molecule has 0 unspecified atom stereocenters. The number of nitrogens with zero attached hydrogens (tertiary/aromatic N) is 1. The van der Waals surface area contributed by atoms with Crippen LogP contribution in [0.15, 0.2) is 34.2 Å². The molecule has 0 saturated heterocycles. The Kier molecular flexibility index (Phi) is 9.04. The summed E-state index contributed by atoms with van der Waals surface area (Å²) in [6.07, 6.45) is 3.27. The lowest BCUT2D eigenvalue weighted by Gasteiger charge is -2.28. The third-order valence-corrected chi connectivity index (χ3v) is 4.92. The monoisotopic (exact) mass is 384 g/mol. The summed E-state index contributed by atoms with van der Waals surface area (Å²) in [5, 5.41) is 22.2. The third kappa shape index (κ3) is 7.72. The highest BCUT2D eigenvalue weighted by molar-refractivity contribution is 7.89. The zero-order chi connectivity index (χ0) is 19.6. The zero-order valence-electron chi connectivity index (χ0n) is 16.0. The predicted molar refractivity (Wildman–Crippen MR) is 105 cm³/mol. The van der Waals surface area contributed by atoms with Crippen LogP contribution >= 0.6 is 0 Å². The SMILES string of the molecule is CCCC(O)(CCC)CNC(=NCc1cccc(S(N)(=O)=O)c1)NCC. The minimum atomic E-state index is -3.73. The highest BCUT2D eigenvalue weighted by Gasteiger charge is 2.24. The van der Waals surface area contributed by atoms with Crippen molar-refractivity contribution >= 4 is 16.0 Å². The Labute approximate surface area is 157 Å². The molecule has 0 aliphatic rings. The molecule has 1 rings (SSSR count). The first-order valence-electron chi connectivity index (χ1n) is 9.10. The summed E-state index contributed by atoms with van der Waals surface area (Å²) >= 11 is 0. The summed E-state index contributed by atoms with van der Waals surface area (Å²) in [6.45, 7) is 7.47. The maximum Gasteiger partial charge on any atom is 0.238 e. The molecule has 0 spiro atoms. The Morgan fingerprint density at radius 3 is 2.38 bits per heavy atom. The van der Waals surface area contributed by atoms with Crippen LogP contribution in [0.5, 0.6) is 0 Å². The number of nitrogens with one attached hydrogen (secondary N) is 2. The first-order valence-corrected chi connectivity index (χ1v) is 10.6. The molecule has 0 aliphatic heterocycles. The average molecular weight is 385 g/mol. The van der Waals surface area contributed by atoms with Crippen LogP contribution in [0.1, 0.15) is 52.0 Å². The third-order valence-electron chi connectivity index (χ3n) is 4.01. The van der Waals surface area contributed by atoms with Crippen LogP contribution in [0.25, 0.3) is 0 Å². The largest absolute Gasteiger partial charge is 0.388 e. The van der Waals surface area contributed by atoms with Crippen molar-refractivity contribution in [2.45, 2.75) is 63.5 Å². The summed E-state index contributed by atoms with van der Waals surface area (Å²) < 4.78 is 22.9. The summed E-state index contributed by atoms with van der Waals surface area (Å²) in [4.78, 5) is 4.55. The van der Waals surface area contributed by atoms with Gasteiger partial charge in [0.2, 0.25) is 10.0 Å². The molecular formula is C18H32N4O3S. The fraction of sp³-hybridized carbons (Fsp3) is 0.611. The van der Waals surface area contributed by atoms with Gasteiger partial charge in [0.15, 0.2) is 5.96 Å². The number of aliphatic hydroxyl groups is 1. The molecule has 8 heteroatoms. The highest BCUT2D eigenvalue weighted by Crippen LogP contribution is 2.18. The van der Waals surface area contributed by atoms with Crippen molar-refractivity contribution in [1.82, 2.24) is 10.6 Å². The molecule has 1 aromatic carbocycles. The minimum Gasteiger partial charge on any atom is -0.388 e. The Morgan fingerprint density at radius 1 is 1.19 bits per heavy atom. The molecular weight excluding hydrogens is 352 g/mol. The quantitative estimate of drug-likeness (QED) is 0.362. The molecule has 0 saturated carbocycles. The van der Waals surface area contributed by atoms with Crippen molar-refractivity contribution in [3.63, 3.8) is 0 Å². The minimum absolute atomic E-state index is 0.0726. The van der Waals surface area contributed by atoms with Gasteiger partial charge < -0.3 is 15.7 Å². The summed E-state index contributed by atoms with van der Waals surface area (Å²) in [5.41, 5.74) is -0.0149. The van der Waals surface area contributed by atoms with Crippen LogP contribution in [0.2, 0.25) is 0 Å². The maximum atomic E-state index is 11.5. The fourth-order valence-corrected chi connectivity index (χ4v) is 3.40. The number of primary sulfonamides is 1. The Hall–Kier alpha value is -1.64. The smallest absolute Gasteiger partial charge is 0.238 e. The van der Waals surface area contributed by atoms with Crippen LogP contribution in [0.3, 0.4) is 0 Å². The van der Waals surface area contributed by atoms with Gasteiger partial charge in [0, 0.05) is 13.1 Å². The molecule has 0 fully saturated rings. The Balaban J connectivity index is 2.83. The van der Waals surface area contributed by atoms with Crippen molar-refractivity contribution < 1.29 is 13.5 Å². The molecule has 26 heavy (non-hydrogen) atoms. The molecule has 1 aromatic rings. The van der Waals surface area contributed by atoms with Gasteiger partial charge in [-0.15, -0.1) is 0 Å². The van der Waals surface area contributed by atoms with Crippen molar-refractivity contribution in [2.75, 3.05) is 13.1 Å². The number of rotatable bonds is 10. The standard InChI is InChI=1S/C18H32N4O3S/c1-4-10-18(23,11-5-2)14-22-17(20-6-3)21-13-15-8-7-9-16(12-15)26(19,24)25/h7-9,12,23H,4-6,10-11,13-14H2,1-3H3,(H2,19,24,25)(H2,20,21,22). The molecule has 7 nitrogen and oxygen atoms in total. The zero-order valence-corrected chi connectivity index (χ0v) is 16.8. The van der Waals surface area contributed by atoms with Crippen LogP contribution < -0.4 is 15.8 Å². The van der Waals surface area contributed by atoms with E-state index < -0.39 is 15.6 Å². The van der Waals surface area contributed by atoms with E-state index in [-0.39, 0.29) is 4.90 Å². The van der Waals surface area contributed by atoms with Gasteiger partial charge in [0.25, 0.3) is 0 Å². The van der Waals surface area contributed by atoms with E-state index in [9.17, 15) is 13.5 Å². The van der Waals surface area contributed by atoms with Crippen LogP contribution in [-0.4, -0.2) is 38.2 Å². The molecule has 0 heterocycles. The van der Waals surface area contributed by atoms with Gasteiger partial charge in [-0.05, 0) is 37.5 Å². The molecule has 0 atom stereocenters. The van der Waals surface area contributed by atoms with E-state index in [4.69, 9.17) is 5.14 Å². The van der Waals surface area contributed by atoms with E-state index in [2.05, 4.69) is 29.5 Å². The van der Waals surface area contributed by atoms with Gasteiger partial charge in [0.05, 0.1) is 17.0 Å². The van der Waals surface area contributed by atoms with E-state index in [1.807, 2.05) is 6.92 Å². The number of aliphatic imine (C=N–C) groups is 1. The van der Waals surface area contributed by atoms with Crippen molar-refractivity contribution in [2.24, 2.45) is 10.1 Å². The first kappa shape index (κ1) is 22.4. The predicted octanol–water partition coefficient (Wildman–Crippen LogP) is 1.72. The number of benzene rings is 1. The molecule has 0 radical (unpaired) electrons. The average Bonchev–Trinajstić information content (AvgIpc) is 2.57. The van der Waals surface area contributed by atoms with Gasteiger partial charge in [-0.1, -0.05) is 38.8 Å². The normalized spacial score (nSPS) is 12.9. The van der Waals surface area contributed by atoms with Gasteiger partial charge in [-0.3, -0.25) is 0 Å². The van der Waals surface area contributed by atoms with E-state index in [1.165, 1.54) is 12.1 Å². The van der Waals surface area contributed by atoms with Gasteiger partial charge >= 0.3 is 0 Å². The van der Waals surface area contributed by atoms with E-state index in [1.54, 1.807) is 12.1 Å². The summed E-state index contributed by atoms with van der Waals surface area (Å²) in [5.74, 6) is 0.583. The van der Waals surface area contributed by atoms with Crippen LogP contribution in [-0.2, 0) is 16.6 Å². The van der Waals surface area contributed by atoms with Gasteiger partial charge in [-0.25, -0.2) is 18.5 Å². The fourth-order valence-electron chi connectivity index (χ4n) is 2.81. The molecule has 0 aromatic heterocycles. The highest BCUT2D eigenvalue weighted by atomic mass is 32.2. The maximum absolute atomic E-state index is 11.5. The number of hydrogen-bond acceptors (Lipinski definition) is 4. The lowest BCUT2D eigenvalue weighted by molar-refractivity contribution is 0.0257. The lowest BCUT2D eigenvalue weighted by Crippen LogP contribution is -2.47. The molecule has 0 amide bonds. The van der Waals surface area contributed by atoms with E-state index in [0.717, 1.165) is 31.2 Å². The Morgan fingerprint density at radius 2 is 1.85 bits per heavy atom. The summed E-state index contributed by atoms with van der Waals surface area (Å²) in [6, 6.07) is 6.42. The van der Waals surface area contributed by atoms with Crippen LogP contribution in [0.4, 0.5) is 0 Å². The van der Waals surface area contributed by atoms with Gasteiger partial charge in [0.1, 0.15) is 0 Å². The second-order valence-corrected chi connectivity index (χ2v) is 8.03. The van der Waals surface area contributed by atoms with E-state index in [0.29, 0.717) is 25.6 Å². The topological polar surface area (TPSA) is 117 Å². The molecule has 5 N–H and O–H groups in total. The van der Waals surface area contributed by atoms with Crippen molar-refractivity contribution in [3.05, 3.63) is 29.8 Å². The molecule has 0 bridgehead atoms. The lowest BCUT2D eigenvalue weighted by atomic mass is 9.93. The molecule has 0 aliphatic carbocycles. The number of hydrogen-bond donors (Lipinski definition) is 4. The number of sulfonamides is 1. The molecule has 148 valence electrons. The van der Waals surface area contributed by atoms with Crippen molar-refractivity contribution in [3.8, 4) is 0 Å². The second kappa shape index (κ2) is 10.5. The van der Waals surface area contributed by atoms with E-state index >= 15 is 0 Å². The first-order chi connectivity index (χ1) is 12.2. The second-order valence-electron chi connectivity index (χ2n) is 6.47. The van der Waals surface area contributed by atoms with Gasteiger partial charge in [-0.2, -0.15) is 0 Å². The van der Waals surface area contributed by atoms with Crippen molar-refractivity contribution in [1.29, 1.82) is 0 Å². The van der Waals surface area contributed by atoms with Crippen LogP contribution in [0, 0.1) is 0 Å².